The summed E-state index contributed by atoms with van der Waals surface area (Å²) in [5.74, 6) is -0.657. The van der Waals surface area contributed by atoms with Gasteiger partial charge in [0.1, 0.15) is 12.5 Å². The Hall–Kier alpha value is -1.06. The molecular formula is C3H3FO3. The molecule has 0 aromatic carbocycles. The van der Waals surface area contributed by atoms with Crippen molar-refractivity contribution in [1.82, 2.24) is 0 Å². The van der Waals surface area contributed by atoms with Crippen LogP contribution < -0.4 is 5.82 Å². The van der Waals surface area contributed by atoms with E-state index in [4.69, 9.17) is 0 Å². The Morgan fingerprint density at radius 2 is 1.71 bits per heavy atom. The SMILES string of the molecule is F.O=c1occo1. The quantitative estimate of drug-likeness (QED) is 0.480. The van der Waals surface area contributed by atoms with Gasteiger partial charge in [0.25, 0.3) is 0 Å². The predicted molar refractivity (Wildman–Crippen MR) is 19.7 cm³/mol. The zero-order valence-corrected chi connectivity index (χ0v) is 3.29. The Morgan fingerprint density at radius 3 is 1.86 bits per heavy atom. The lowest BCUT2D eigenvalue weighted by atomic mass is 11.1. The van der Waals surface area contributed by atoms with E-state index in [9.17, 15) is 4.79 Å². The second kappa shape index (κ2) is 2.17. The molecule has 0 amide bonds. The van der Waals surface area contributed by atoms with E-state index < -0.39 is 5.82 Å². The highest BCUT2D eigenvalue weighted by Gasteiger charge is 1.77. The fourth-order valence-corrected chi connectivity index (χ4v) is 0.194. The molecule has 1 rings (SSSR count). The molecule has 40 valence electrons. The molecule has 0 bridgehead atoms. The van der Waals surface area contributed by atoms with E-state index in [0.29, 0.717) is 0 Å². The molecule has 1 heterocycles. The first kappa shape index (κ1) is 5.94. The van der Waals surface area contributed by atoms with Crippen LogP contribution >= 0.6 is 0 Å². The van der Waals surface area contributed by atoms with Gasteiger partial charge in [0.05, 0.1) is 0 Å². The van der Waals surface area contributed by atoms with Gasteiger partial charge < -0.3 is 8.83 Å². The average molecular weight is 106 g/mol. The Labute approximate surface area is 37.9 Å². The van der Waals surface area contributed by atoms with Crippen LogP contribution in [0.1, 0.15) is 0 Å². The Kier molecular flexibility index (Phi) is 1.84. The summed E-state index contributed by atoms with van der Waals surface area (Å²) in [5.41, 5.74) is 0. The van der Waals surface area contributed by atoms with E-state index in [1.165, 1.54) is 12.5 Å². The van der Waals surface area contributed by atoms with E-state index in [1.54, 1.807) is 0 Å². The number of halogens is 1. The molecule has 7 heavy (non-hydrogen) atoms. The van der Waals surface area contributed by atoms with Gasteiger partial charge in [-0.2, -0.15) is 0 Å². The molecule has 0 aliphatic carbocycles. The van der Waals surface area contributed by atoms with E-state index in [2.05, 4.69) is 8.83 Å². The van der Waals surface area contributed by atoms with Gasteiger partial charge in [-0.15, -0.1) is 0 Å². The minimum absolute atomic E-state index is 0. The van der Waals surface area contributed by atoms with Crippen LogP contribution in [0, 0.1) is 0 Å². The summed E-state index contributed by atoms with van der Waals surface area (Å²) < 4.78 is 8.22. The lowest BCUT2D eigenvalue weighted by molar-refractivity contribution is 0.385. The third-order valence-electron chi connectivity index (χ3n) is 0.384. The minimum atomic E-state index is -0.657. The third-order valence-corrected chi connectivity index (χ3v) is 0.384. The first-order valence-electron chi connectivity index (χ1n) is 1.42. The Bertz CT molecular complexity index is 148. The summed E-state index contributed by atoms with van der Waals surface area (Å²) in [6.45, 7) is 0. The normalized spacial score (nSPS) is 7.43. The van der Waals surface area contributed by atoms with Gasteiger partial charge in [-0.25, -0.2) is 4.79 Å². The molecule has 0 saturated heterocycles. The van der Waals surface area contributed by atoms with Gasteiger partial charge >= 0.3 is 5.82 Å². The van der Waals surface area contributed by atoms with Crippen LogP contribution in [0.2, 0.25) is 0 Å². The Morgan fingerprint density at radius 1 is 1.29 bits per heavy atom. The van der Waals surface area contributed by atoms with Gasteiger partial charge in [0.15, 0.2) is 0 Å². The zero-order chi connectivity index (χ0) is 4.41. The summed E-state index contributed by atoms with van der Waals surface area (Å²) >= 11 is 0. The van der Waals surface area contributed by atoms with Gasteiger partial charge in [0, 0.05) is 0 Å². The summed E-state index contributed by atoms with van der Waals surface area (Å²) in [7, 11) is 0. The zero-order valence-electron chi connectivity index (χ0n) is 3.29. The van der Waals surface area contributed by atoms with Crippen molar-refractivity contribution in [2.45, 2.75) is 0 Å². The molecule has 3 nitrogen and oxygen atoms in total. The summed E-state index contributed by atoms with van der Waals surface area (Å²) in [5, 5.41) is 0. The van der Waals surface area contributed by atoms with Crippen LogP contribution in [-0.2, 0) is 0 Å². The Balaban J connectivity index is 0.000000360. The van der Waals surface area contributed by atoms with Crippen molar-refractivity contribution in [2.24, 2.45) is 0 Å². The fourth-order valence-electron chi connectivity index (χ4n) is 0.194. The van der Waals surface area contributed by atoms with Gasteiger partial charge in [-0.1, -0.05) is 0 Å². The lowest BCUT2D eigenvalue weighted by Gasteiger charge is -1.49. The minimum Gasteiger partial charge on any atom is -0.399 e. The third kappa shape index (κ3) is 1.21. The summed E-state index contributed by atoms with van der Waals surface area (Å²) in [4.78, 5) is 9.74. The lowest BCUT2D eigenvalue weighted by Crippen LogP contribution is -1.83. The van der Waals surface area contributed by atoms with E-state index in [1.807, 2.05) is 0 Å². The van der Waals surface area contributed by atoms with E-state index in [0.717, 1.165) is 0 Å². The second-order valence-corrected chi connectivity index (χ2v) is 0.758. The summed E-state index contributed by atoms with van der Waals surface area (Å²) in [6.07, 6.45) is 2.37. The van der Waals surface area contributed by atoms with Crippen LogP contribution in [0.3, 0.4) is 0 Å². The van der Waals surface area contributed by atoms with E-state index in [-0.39, 0.29) is 4.70 Å². The molecule has 0 unspecified atom stereocenters. The highest BCUT2D eigenvalue weighted by Crippen LogP contribution is 1.70. The van der Waals surface area contributed by atoms with Crippen LogP contribution in [0.5, 0.6) is 0 Å². The second-order valence-electron chi connectivity index (χ2n) is 0.758. The molecule has 0 fully saturated rings. The van der Waals surface area contributed by atoms with Crippen LogP contribution in [0.25, 0.3) is 0 Å². The maximum atomic E-state index is 9.74. The molecule has 1 aromatic rings. The van der Waals surface area contributed by atoms with Crippen LogP contribution in [0.4, 0.5) is 4.70 Å². The molecule has 0 atom stereocenters. The molecule has 0 saturated carbocycles. The first-order chi connectivity index (χ1) is 2.89. The highest BCUT2D eigenvalue weighted by molar-refractivity contribution is 4.49. The first-order valence-corrected chi connectivity index (χ1v) is 1.42. The van der Waals surface area contributed by atoms with Crippen LogP contribution in [0.15, 0.2) is 26.2 Å². The molecule has 1 aromatic heterocycles. The molecule has 4 heteroatoms. The molecule has 0 radical (unpaired) electrons. The van der Waals surface area contributed by atoms with Gasteiger partial charge in [-0.05, 0) is 0 Å². The predicted octanol–water partition coefficient (Wildman–Crippen LogP) is 0.385. The molecular weight excluding hydrogens is 103 g/mol. The van der Waals surface area contributed by atoms with Crippen molar-refractivity contribution in [3.63, 3.8) is 0 Å². The number of hydrogen-bond acceptors (Lipinski definition) is 3. The maximum absolute atomic E-state index is 9.74. The number of rotatable bonds is 0. The standard InChI is InChI=1S/C3H2O3.FH/c4-3-5-1-2-6-3;/h1-2H;1H. The van der Waals surface area contributed by atoms with Crippen molar-refractivity contribution >= 4 is 0 Å². The van der Waals surface area contributed by atoms with Crippen molar-refractivity contribution in [3.05, 3.63) is 23.1 Å². The monoisotopic (exact) mass is 106 g/mol. The van der Waals surface area contributed by atoms with Crippen LogP contribution in [-0.4, -0.2) is 0 Å². The van der Waals surface area contributed by atoms with Crippen molar-refractivity contribution in [3.8, 4) is 0 Å². The fraction of sp³-hybridized carbons (Fsp3) is 0. The largest absolute Gasteiger partial charge is 0.518 e. The highest BCUT2D eigenvalue weighted by atomic mass is 19.0. The van der Waals surface area contributed by atoms with Crippen molar-refractivity contribution in [2.75, 3.05) is 0 Å². The maximum Gasteiger partial charge on any atom is 0.518 e. The topological polar surface area (TPSA) is 43.4 Å². The van der Waals surface area contributed by atoms with Crippen molar-refractivity contribution < 1.29 is 13.5 Å². The molecule has 0 spiro atoms. The summed E-state index contributed by atoms with van der Waals surface area (Å²) in [6, 6.07) is 0. The smallest absolute Gasteiger partial charge is 0.399 e. The molecule has 0 aliphatic heterocycles. The van der Waals surface area contributed by atoms with Gasteiger partial charge in [-0.3, -0.25) is 4.70 Å². The number of hydrogen-bond donors (Lipinski definition) is 0. The van der Waals surface area contributed by atoms with E-state index >= 15 is 0 Å². The molecule has 0 N–H and O–H groups in total. The van der Waals surface area contributed by atoms with Crippen molar-refractivity contribution in [1.29, 1.82) is 0 Å². The molecule has 0 aliphatic rings. The average Bonchev–Trinajstić information content (AvgIpc) is 1.86. The van der Waals surface area contributed by atoms with Gasteiger partial charge in [0.2, 0.25) is 0 Å².